The molecule has 2 heteroatoms. The minimum absolute atomic E-state index is 0.310. The first-order chi connectivity index (χ1) is 7.47. The van der Waals surface area contributed by atoms with Crippen LogP contribution in [0.3, 0.4) is 0 Å². The average molecular weight is 227 g/mol. The first-order valence-electron chi connectivity index (χ1n) is 6.77. The van der Waals surface area contributed by atoms with E-state index in [4.69, 9.17) is 4.74 Å². The number of methoxy groups -OCH3 is 1. The van der Waals surface area contributed by atoms with Crippen molar-refractivity contribution in [2.75, 3.05) is 7.11 Å². The van der Waals surface area contributed by atoms with E-state index in [-0.39, 0.29) is 0 Å². The van der Waals surface area contributed by atoms with Crippen molar-refractivity contribution in [1.29, 1.82) is 0 Å². The summed E-state index contributed by atoms with van der Waals surface area (Å²) < 4.78 is 5.72. The summed E-state index contributed by atoms with van der Waals surface area (Å²) in [7, 11) is 1.86. The molecule has 2 nitrogen and oxygen atoms in total. The maximum Gasteiger partial charge on any atom is 0.110 e. The normalized spacial score (nSPS) is 29.2. The van der Waals surface area contributed by atoms with E-state index in [1.54, 1.807) is 0 Å². The van der Waals surface area contributed by atoms with Crippen LogP contribution in [-0.2, 0) is 4.74 Å². The van der Waals surface area contributed by atoms with Crippen LogP contribution in [0.4, 0.5) is 0 Å². The van der Waals surface area contributed by atoms with E-state index in [0.29, 0.717) is 24.2 Å². The summed E-state index contributed by atoms with van der Waals surface area (Å²) in [5, 5.41) is 0. The Labute approximate surface area is 101 Å². The van der Waals surface area contributed by atoms with Gasteiger partial charge in [0.15, 0.2) is 0 Å². The van der Waals surface area contributed by atoms with Crippen molar-refractivity contribution in [3.8, 4) is 0 Å². The van der Waals surface area contributed by atoms with E-state index in [1.165, 1.54) is 12.8 Å². The van der Waals surface area contributed by atoms with Gasteiger partial charge in [0.25, 0.3) is 0 Å². The van der Waals surface area contributed by atoms with Gasteiger partial charge in [0, 0.05) is 19.2 Å². The molecule has 0 bridgehead atoms. The van der Waals surface area contributed by atoms with Crippen LogP contribution in [0.5, 0.6) is 0 Å². The third-order valence-electron chi connectivity index (χ3n) is 3.82. The maximum absolute atomic E-state index is 5.72. The molecule has 2 unspecified atom stereocenters. The summed E-state index contributed by atoms with van der Waals surface area (Å²) in [6.07, 6.45) is 4.10. The Bertz CT molecular complexity index is 203. The summed E-state index contributed by atoms with van der Waals surface area (Å²) in [6, 6.07) is 1.38. The van der Waals surface area contributed by atoms with E-state index in [9.17, 15) is 0 Å². The Hall–Kier alpha value is -0.0800. The lowest BCUT2D eigenvalue weighted by atomic mass is 10.0. The fourth-order valence-electron chi connectivity index (χ4n) is 2.95. The van der Waals surface area contributed by atoms with E-state index < -0.39 is 0 Å². The molecule has 0 aromatic heterocycles. The van der Waals surface area contributed by atoms with Crippen LogP contribution in [0.1, 0.15) is 53.9 Å². The largest absolute Gasteiger partial charge is 0.366 e. The molecule has 1 aliphatic heterocycles. The van der Waals surface area contributed by atoms with Crippen molar-refractivity contribution in [3.63, 3.8) is 0 Å². The monoisotopic (exact) mass is 227 g/mol. The maximum atomic E-state index is 5.72. The van der Waals surface area contributed by atoms with Crippen molar-refractivity contribution in [3.05, 3.63) is 0 Å². The lowest BCUT2D eigenvalue weighted by Gasteiger charge is -2.37. The molecule has 16 heavy (non-hydrogen) atoms. The van der Waals surface area contributed by atoms with Crippen LogP contribution >= 0.6 is 0 Å². The Morgan fingerprint density at radius 3 is 2.25 bits per heavy atom. The fraction of sp³-hybridized carbons (Fsp3) is 1.00. The number of hydrogen-bond donors (Lipinski definition) is 0. The van der Waals surface area contributed by atoms with Gasteiger partial charge >= 0.3 is 0 Å². The van der Waals surface area contributed by atoms with Gasteiger partial charge in [0.1, 0.15) is 6.23 Å². The van der Waals surface area contributed by atoms with Crippen LogP contribution in [0.15, 0.2) is 0 Å². The molecule has 1 aliphatic rings. The van der Waals surface area contributed by atoms with Crippen molar-refractivity contribution in [1.82, 2.24) is 4.90 Å². The SMILES string of the molecule is COC(CC(C)C)N1C(C)CC[C@H]1C(C)C. The second-order valence-corrected chi connectivity index (χ2v) is 6.00. The highest BCUT2D eigenvalue weighted by Crippen LogP contribution is 2.32. The number of hydrogen-bond acceptors (Lipinski definition) is 2. The molecule has 1 heterocycles. The molecule has 1 saturated heterocycles. The Morgan fingerprint density at radius 1 is 1.19 bits per heavy atom. The average Bonchev–Trinajstić information content (AvgIpc) is 2.56. The lowest BCUT2D eigenvalue weighted by molar-refractivity contribution is -0.0750. The van der Waals surface area contributed by atoms with E-state index in [0.717, 1.165) is 12.3 Å². The molecular formula is C14H29NO. The molecule has 0 spiro atoms. The third kappa shape index (κ3) is 3.21. The Kier molecular flexibility index (Phi) is 5.26. The molecule has 3 atom stereocenters. The summed E-state index contributed by atoms with van der Waals surface area (Å²) in [5.41, 5.74) is 0. The van der Waals surface area contributed by atoms with Crippen LogP contribution in [0.25, 0.3) is 0 Å². The van der Waals surface area contributed by atoms with Crippen LogP contribution in [-0.4, -0.2) is 30.3 Å². The van der Waals surface area contributed by atoms with Crippen LogP contribution in [0.2, 0.25) is 0 Å². The molecule has 0 N–H and O–H groups in total. The summed E-state index contributed by atoms with van der Waals surface area (Å²) in [6.45, 7) is 11.6. The summed E-state index contributed by atoms with van der Waals surface area (Å²) in [5.74, 6) is 1.43. The Morgan fingerprint density at radius 2 is 1.81 bits per heavy atom. The molecule has 0 aromatic rings. The minimum atomic E-state index is 0.310. The van der Waals surface area contributed by atoms with Crippen molar-refractivity contribution in [2.24, 2.45) is 11.8 Å². The molecule has 0 amide bonds. The Balaban J connectivity index is 2.71. The number of rotatable bonds is 5. The van der Waals surface area contributed by atoms with Gasteiger partial charge in [-0.05, 0) is 38.0 Å². The summed E-state index contributed by atoms with van der Waals surface area (Å²) >= 11 is 0. The van der Waals surface area contributed by atoms with Gasteiger partial charge in [-0.15, -0.1) is 0 Å². The second-order valence-electron chi connectivity index (χ2n) is 6.00. The van der Waals surface area contributed by atoms with Crippen molar-refractivity contribution >= 4 is 0 Å². The minimum Gasteiger partial charge on any atom is -0.366 e. The van der Waals surface area contributed by atoms with Crippen molar-refractivity contribution < 1.29 is 4.74 Å². The van der Waals surface area contributed by atoms with Gasteiger partial charge in [0.05, 0.1) is 0 Å². The number of nitrogens with zero attached hydrogens (tertiary/aromatic N) is 1. The standard InChI is InChI=1S/C14H29NO/c1-10(2)9-14(16-6)15-12(5)7-8-13(15)11(3)4/h10-14H,7-9H2,1-6H3/t12?,13-,14?/m0/s1. The molecule has 1 fully saturated rings. The first kappa shape index (κ1) is 14.0. The molecule has 1 rings (SSSR count). The third-order valence-corrected chi connectivity index (χ3v) is 3.82. The highest BCUT2D eigenvalue weighted by Gasteiger charge is 2.37. The van der Waals surface area contributed by atoms with Crippen LogP contribution < -0.4 is 0 Å². The highest BCUT2D eigenvalue weighted by atomic mass is 16.5. The van der Waals surface area contributed by atoms with Gasteiger partial charge in [-0.1, -0.05) is 27.7 Å². The van der Waals surface area contributed by atoms with Gasteiger partial charge in [-0.2, -0.15) is 0 Å². The first-order valence-corrected chi connectivity index (χ1v) is 6.77. The quantitative estimate of drug-likeness (QED) is 0.712. The van der Waals surface area contributed by atoms with E-state index >= 15 is 0 Å². The van der Waals surface area contributed by atoms with Gasteiger partial charge in [-0.25, -0.2) is 0 Å². The van der Waals surface area contributed by atoms with Crippen molar-refractivity contribution in [2.45, 2.75) is 72.2 Å². The zero-order valence-corrected chi connectivity index (χ0v) is 11.9. The molecular weight excluding hydrogens is 198 g/mol. The summed E-state index contributed by atoms with van der Waals surface area (Å²) in [4.78, 5) is 2.62. The predicted molar refractivity (Wildman–Crippen MR) is 69.4 cm³/mol. The molecule has 0 radical (unpaired) electrons. The number of ether oxygens (including phenoxy) is 1. The van der Waals surface area contributed by atoms with Gasteiger partial charge < -0.3 is 4.74 Å². The molecule has 96 valence electrons. The molecule has 0 aliphatic carbocycles. The number of likely N-dealkylation sites (tertiary alicyclic amines) is 1. The van der Waals surface area contributed by atoms with E-state index in [1.807, 2.05) is 7.11 Å². The topological polar surface area (TPSA) is 12.5 Å². The van der Waals surface area contributed by atoms with Gasteiger partial charge in [0.2, 0.25) is 0 Å². The lowest BCUT2D eigenvalue weighted by Crippen LogP contribution is -2.46. The van der Waals surface area contributed by atoms with Crippen LogP contribution in [0, 0.1) is 11.8 Å². The highest BCUT2D eigenvalue weighted by molar-refractivity contribution is 4.89. The zero-order chi connectivity index (χ0) is 12.3. The molecule has 0 saturated carbocycles. The second kappa shape index (κ2) is 6.02. The van der Waals surface area contributed by atoms with E-state index in [2.05, 4.69) is 39.5 Å². The predicted octanol–water partition coefficient (Wildman–Crippen LogP) is 3.51. The van der Waals surface area contributed by atoms with Gasteiger partial charge in [-0.3, -0.25) is 4.90 Å². The molecule has 0 aromatic carbocycles. The zero-order valence-electron chi connectivity index (χ0n) is 11.9. The fourth-order valence-corrected chi connectivity index (χ4v) is 2.95. The smallest absolute Gasteiger partial charge is 0.110 e.